The lowest BCUT2D eigenvalue weighted by molar-refractivity contribution is -0.144. The number of hydrogen-bond donors (Lipinski definition) is 2. The predicted molar refractivity (Wildman–Crippen MR) is 123 cm³/mol. The lowest BCUT2D eigenvalue weighted by Gasteiger charge is -2.27. The van der Waals surface area contributed by atoms with Crippen LogP contribution in [-0.4, -0.2) is 77.9 Å². The van der Waals surface area contributed by atoms with Crippen LogP contribution in [0.25, 0.3) is 0 Å². The number of carbonyl (C=O) groups excluding carboxylic acids is 2. The van der Waals surface area contributed by atoms with Crippen molar-refractivity contribution in [2.24, 2.45) is 0 Å². The van der Waals surface area contributed by atoms with E-state index >= 15 is 0 Å². The summed E-state index contributed by atoms with van der Waals surface area (Å²) in [7, 11) is -1.13. The highest BCUT2D eigenvalue weighted by atomic mass is 32.2. The molecule has 0 saturated carbocycles. The maximum Gasteiger partial charge on any atom is 0.264 e. The molecule has 1 heterocycles. The summed E-state index contributed by atoms with van der Waals surface area (Å²) < 4.78 is 46.1. The Labute approximate surface area is 198 Å². The maximum atomic E-state index is 12.7. The van der Waals surface area contributed by atoms with Crippen LogP contribution in [0, 0.1) is 0 Å². The number of benzene rings is 2. The van der Waals surface area contributed by atoms with Gasteiger partial charge in [-0.1, -0.05) is 36.4 Å². The highest BCUT2D eigenvalue weighted by molar-refractivity contribution is 7.86. The van der Waals surface area contributed by atoms with E-state index in [9.17, 15) is 18.0 Å². The molecule has 34 heavy (non-hydrogen) atoms. The van der Waals surface area contributed by atoms with Crippen molar-refractivity contribution in [2.45, 2.75) is 30.6 Å². The highest BCUT2D eigenvalue weighted by Gasteiger charge is 2.50. The van der Waals surface area contributed by atoms with Crippen molar-refractivity contribution in [1.82, 2.24) is 10.6 Å². The SMILES string of the molecule is CO[C@@H]1O[C@H]([C@H](CNC(=O)c2ccccc2)OS(C)(=O)=O)[C@H](OC)[C@@H]1NC(=O)c1ccccc1. The molecule has 2 N–H and O–H groups in total. The van der Waals surface area contributed by atoms with Gasteiger partial charge in [-0.05, 0) is 24.3 Å². The van der Waals surface area contributed by atoms with Crippen molar-refractivity contribution >= 4 is 21.9 Å². The van der Waals surface area contributed by atoms with Gasteiger partial charge in [-0.25, -0.2) is 0 Å². The molecule has 5 atom stereocenters. The van der Waals surface area contributed by atoms with E-state index in [1.807, 2.05) is 0 Å². The lowest BCUT2D eigenvalue weighted by Crippen LogP contribution is -2.52. The molecule has 2 aromatic rings. The van der Waals surface area contributed by atoms with Crippen molar-refractivity contribution in [2.75, 3.05) is 27.0 Å². The first kappa shape index (κ1) is 25.8. The fraction of sp³-hybridized carbons (Fsp3) is 0.391. The van der Waals surface area contributed by atoms with Gasteiger partial charge in [-0.15, -0.1) is 0 Å². The quantitative estimate of drug-likeness (QED) is 0.469. The average molecular weight is 493 g/mol. The summed E-state index contributed by atoms with van der Waals surface area (Å²) >= 11 is 0. The molecule has 3 rings (SSSR count). The summed E-state index contributed by atoms with van der Waals surface area (Å²) in [6.45, 7) is -0.193. The van der Waals surface area contributed by atoms with Gasteiger partial charge < -0.3 is 24.8 Å². The second kappa shape index (κ2) is 11.5. The van der Waals surface area contributed by atoms with E-state index < -0.39 is 46.7 Å². The minimum atomic E-state index is -3.93. The molecule has 184 valence electrons. The molecule has 1 fully saturated rings. The van der Waals surface area contributed by atoms with Crippen molar-refractivity contribution < 1.29 is 36.4 Å². The summed E-state index contributed by atoms with van der Waals surface area (Å²) in [4.78, 5) is 25.2. The van der Waals surface area contributed by atoms with Crippen LogP contribution in [0.5, 0.6) is 0 Å². The fourth-order valence-corrected chi connectivity index (χ4v) is 4.37. The van der Waals surface area contributed by atoms with Gasteiger partial charge in [0, 0.05) is 31.9 Å². The molecule has 1 aliphatic heterocycles. The minimum Gasteiger partial charge on any atom is -0.376 e. The summed E-state index contributed by atoms with van der Waals surface area (Å²) in [5, 5.41) is 5.49. The molecule has 0 bridgehead atoms. The van der Waals surface area contributed by atoms with E-state index in [2.05, 4.69) is 10.6 Å². The van der Waals surface area contributed by atoms with Crippen LogP contribution in [0.1, 0.15) is 20.7 Å². The van der Waals surface area contributed by atoms with Crippen molar-refractivity contribution in [1.29, 1.82) is 0 Å². The topological polar surface area (TPSA) is 129 Å². The Morgan fingerprint density at radius 1 is 0.941 bits per heavy atom. The molecule has 2 amide bonds. The first-order chi connectivity index (χ1) is 16.2. The zero-order valence-electron chi connectivity index (χ0n) is 19.0. The van der Waals surface area contributed by atoms with Crippen molar-refractivity contribution in [3.63, 3.8) is 0 Å². The van der Waals surface area contributed by atoms with Crippen LogP contribution in [0.3, 0.4) is 0 Å². The second-order valence-electron chi connectivity index (χ2n) is 7.69. The number of hydrogen-bond acceptors (Lipinski definition) is 8. The van der Waals surface area contributed by atoms with Gasteiger partial charge in [0.1, 0.15) is 24.4 Å². The van der Waals surface area contributed by atoms with Crippen molar-refractivity contribution in [3.8, 4) is 0 Å². The molecule has 0 aliphatic carbocycles. The Bertz CT molecular complexity index is 1060. The smallest absolute Gasteiger partial charge is 0.264 e. The molecular weight excluding hydrogens is 464 g/mol. The van der Waals surface area contributed by atoms with Gasteiger partial charge in [0.25, 0.3) is 21.9 Å². The number of methoxy groups -OCH3 is 2. The Morgan fingerprint density at radius 2 is 1.50 bits per heavy atom. The summed E-state index contributed by atoms with van der Waals surface area (Å²) in [6.07, 6.45) is -3.01. The van der Waals surface area contributed by atoms with Gasteiger partial charge >= 0.3 is 0 Å². The number of ether oxygens (including phenoxy) is 3. The number of amides is 2. The van der Waals surface area contributed by atoms with E-state index in [1.165, 1.54) is 14.2 Å². The van der Waals surface area contributed by atoms with Gasteiger partial charge in [0.15, 0.2) is 6.29 Å². The molecule has 0 radical (unpaired) electrons. The number of nitrogens with one attached hydrogen (secondary N) is 2. The Kier molecular flexibility index (Phi) is 8.75. The molecular formula is C23H28N2O8S. The van der Waals surface area contributed by atoms with E-state index in [0.717, 1.165) is 6.26 Å². The third-order valence-electron chi connectivity index (χ3n) is 5.27. The molecule has 2 aromatic carbocycles. The zero-order valence-corrected chi connectivity index (χ0v) is 19.9. The van der Waals surface area contributed by atoms with E-state index in [1.54, 1.807) is 60.7 Å². The monoisotopic (exact) mass is 492 g/mol. The van der Waals surface area contributed by atoms with Crippen molar-refractivity contribution in [3.05, 3.63) is 71.8 Å². The third kappa shape index (κ3) is 6.61. The molecule has 10 nitrogen and oxygen atoms in total. The molecule has 11 heteroatoms. The van der Waals surface area contributed by atoms with E-state index in [-0.39, 0.29) is 12.5 Å². The molecule has 1 saturated heterocycles. The van der Waals surface area contributed by atoms with Crippen LogP contribution in [0.4, 0.5) is 0 Å². The Morgan fingerprint density at radius 3 is 2.00 bits per heavy atom. The first-order valence-corrected chi connectivity index (χ1v) is 12.3. The van der Waals surface area contributed by atoms with Crippen LogP contribution in [0.15, 0.2) is 60.7 Å². The summed E-state index contributed by atoms with van der Waals surface area (Å²) in [5.74, 6) is -0.788. The van der Waals surface area contributed by atoms with Crippen LogP contribution in [0.2, 0.25) is 0 Å². The number of rotatable bonds is 10. The molecule has 0 spiro atoms. The van der Waals surface area contributed by atoms with Gasteiger partial charge in [0.2, 0.25) is 0 Å². The first-order valence-electron chi connectivity index (χ1n) is 10.5. The summed E-state index contributed by atoms with van der Waals surface area (Å²) in [6, 6.07) is 16.2. The molecule has 0 aromatic heterocycles. The van der Waals surface area contributed by atoms with E-state index in [4.69, 9.17) is 18.4 Å². The normalized spacial score (nSPS) is 23.3. The zero-order chi connectivity index (χ0) is 24.7. The summed E-state index contributed by atoms with van der Waals surface area (Å²) in [5.41, 5.74) is 0.828. The van der Waals surface area contributed by atoms with E-state index in [0.29, 0.717) is 11.1 Å². The second-order valence-corrected chi connectivity index (χ2v) is 9.29. The highest BCUT2D eigenvalue weighted by Crippen LogP contribution is 2.28. The minimum absolute atomic E-state index is 0.193. The largest absolute Gasteiger partial charge is 0.376 e. The molecule has 0 unspecified atom stereocenters. The van der Waals surface area contributed by atoms with Gasteiger partial charge in [-0.2, -0.15) is 8.42 Å². The number of carbonyl (C=O) groups is 2. The van der Waals surface area contributed by atoms with Crippen LogP contribution >= 0.6 is 0 Å². The van der Waals surface area contributed by atoms with Gasteiger partial charge in [-0.3, -0.25) is 13.8 Å². The van der Waals surface area contributed by atoms with Gasteiger partial charge in [0.05, 0.1) is 6.26 Å². The molecule has 1 aliphatic rings. The fourth-order valence-electron chi connectivity index (χ4n) is 3.75. The standard InChI is InChI=1S/C23H28N2O8S/c1-30-20-18(25-22(27)16-12-8-5-9-13-16)23(31-2)32-19(20)17(33-34(3,28)29)14-24-21(26)15-10-6-4-7-11-15/h4-13,17-20,23H,14H2,1-3H3,(H,24,26)(H,25,27)/t17-,18-,19+,20+,23+/m0/s1. The maximum absolute atomic E-state index is 12.7. The third-order valence-corrected chi connectivity index (χ3v) is 5.86. The predicted octanol–water partition coefficient (Wildman–Crippen LogP) is 0.946. The Hall–Kier alpha value is -2.83. The van der Waals surface area contributed by atoms with Crippen LogP contribution in [-0.2, 0) is 28.5 Å². The Balaban J connectivity index is 1.79. The average Bonchev–Trinajstić information content (AvgIpc) is 3.19. The lowest BCUT2D eigenvalue weighted by atomic mass is 10.0. The van der Waals surface area contributed by atoms with Crippen LogP contribution < -0.4 is 10.6 Å².